The molecule has 0 fully saturated rings. The van der Waals surface area contributed by atoms with E-state index in [0.717, 1.165) is 23.1 Å². The summed E-state index contributed by atoms with van der Waals surface area (Å²) in [5.41, 5.74) is 3.20. The largest absolute Gasteiger partial charge is 0.483 e. The highest BCUT2D eigenvalue weighted by atomic mass is 16.5. The molecular formula is C27H38N2O3. The van der Waals surface area contributed by atoms with Crippen molar-refractivity contribution in [1.29, 1.82) is 0 Å². The molecule has 2 rings (SSSR count). The molecule has 0 unspecified atom stereocenters. The van der Waals surface area contributed by atoms with Gasteiger partial charge in [0.25, 0.3) is 5.91 Å². The van der Waals surface area contributed by atoms with Crippen molar-refractivity contribution in [2.24, 2.45) is 0 Å². The van der Waals surface area contributed by atoms with Crippen LogP contribution in [0.4, 0.5) is 0 Å². The zero-order chi connectivity index (χ0) is 23.7. The van der Waals surface area contributed by atoms with Gasteiger partial charge in [-0.2, -0.15) is 0 Å². The maximum Gasteiger partial charge on any atom is 0.261 e. The third kappa shape index (κ3) is 7.11. The van der Waals surface area contributed by atoms with Crippen LogP contribution >= 0.6 is 0 Å². The van der Waals surface area contributed by atoms with E-state index in [1.807, 2.05) is 76.2 Å². The Kier molecular flexibility index (Phi) is 9.76. The Morgan fingerprint density at radius 3 is 2.22 bits per heavy atom. The molecule has 1 N–H and O–H groups in total. The van der Waals surface area contributed by atoms with E-state index in [1.54, 1.807) is 4.90 Å². The molecule has 0 bridgehead atoms. The molecule has 0 saturated carbocycles. The van der Waals surface area contributed by atoms with Crippen molar-refractivity contribution < 1.29 is 14.3 Å². The summed E-state index contributed by atoms with van der Waals surface area (Å²) >= 11 is 0. The first-order valence-corrected chi connectivity index (χ1v) is 11.6. The standard InChI is InChI=1S/C27H38N2O3/c1-7-21(6)28-27(31)24(8-2)29(17-22-15-13-20(5)14-16-22)26(30)18-32-25-12-10-9-11-23(25)19(3)4/h9-16,19,21,24H,7-8,17-18H2,1-6H3,(H,28,31)/t21-,24-/m0/s1. The molecule has 2 aromatic carbocycles. The molecule has 0 aliphatic carbocycles. The van der Waals surface area contributed by atoms with Gasteiger partial charge in [-0.15, -0.1) is 0 Å². The number of hydrogen-bond donors (Lipinski definition) is 1. The topological polar surface area (TPSA) is 58.6 Å². The van der Waals surface area contributed by atoms with Crippen LogP contribution in [0, 0.1) is 6.92 Å². The summed E-state index contributed by atoms with van der Waals surface area (Å²) in [6, 6.07) is 15.3. The number of rotatable bonds is 11. The van der Waals surface area contributed by atoms with Crippen LogP contribution in [0.25, 0.3) is 0 Å². The average molecular weight is 439 g/mol. The van der Waals surface area contributed by atoms with Crippen molar-refractivity contribution in [2.45, 2.75) is 78.9 Å². The van der Waals surface area contributed by atoms with Gasteiger partial charge in [-0.3, -0.25) is 9.59 Å². The molecule has 32 heavy (non-hydrogen) atoms. The summed E-state index contributed by atoms with van der Waals surface area (Å²) in [7, 11) is 0. The maximum atomic E-state index is 13.4. The highest BCUT2D eigenvalue weighted by molar-refractivity contribution is 5.88. The Bertz CT molecular complexity index is 877. The summed E-state index contributed by atoms with van der Waals surface area (Å²) in [6.07, 6.45) is 1.37. The predicted octanol–water partition coefficient (Wildman–Crippen LogP) is 5.22. The Morgan fingerprint density at radius 2 is 1.62 bits per heavy atom. The third-order valence-electron chi connectivity index (χ3n) is 5.75. The van der Waals surface area contributed by atoms with Crippen LogP contribution in [0.5, 0.6) is 5.75 Å². The zero-order valence-corrected chi connectivity index (χ0v) is 20.4. The van der Waals surface area contributed by atoms with E-state index in [-0.39, 0.29) is 30.4 Å². The zero-order valence-electron chi connectivity index (χ0n) is 20.4. The van der Waals surface area contributed by atoms with Gasteiger partial charge in [0.05, 0.1) is 0 Å². The lowest BCUT2D eigenvalue weighted by molar-refractivity contribution is -0.143. The first kappa shape index (κ1) is 25.4. The van der Waals surface area contributed by atoms with Crippen LogP contribution < -0.4 is 10.1 Å². The summed E-state index contributed by atoms with van der Waals surface area (Å²) in [6.45, 7) is 12.4. The van der Waals surface area contributed by atoms with Crippen LogP contribution in [-0.4, -0.2) is 35.4 Å². The molecule has 0 heterocycles. The molecule has 0 aromatic heterocycles. The van der Waals surface area contributed by atoms with Crippen molar-refractivity contribution in [3.8, 4) is 5.75 Å². The van der Waals surface area contributed by atoms with Gasteiger partial charge in [-0.25, -0.2) is 0 Å². The van der Waals surface area contributed by atoms with E-state index in [1.165, 1.54) is 0 Å². The first-order valence-electron chi connectivity index (χ1n) is 11.6. The molecule has 0 aliphatic heterocycles. The number of amides is 2. The van der Waals surface area contributed by atoms with Crippen LogP contribution in [0.1, 0.15) is 70.1 Å². The minimum atomic E-state index is -0.554. The van der Waals surface area contributed by atoms with Gasteiger partial charge in [0, 0.05) is 12.6 Å². The van der Waals surface area contributed by atoms with Crippen molar-refractivity contribution in [2.75, 3.05) is 6.61 Å². The first-order chi connectivity index (χ1) is 15.3. The van der Waals surface area contributed by atoms with E-state index in [2.05, 4.69) is 19.2 Å². The van der Waals surface area contributed by atoms with Crippen molar-refractivity contribution in [1.82, 2.24) is 10.2 Å². The normalized spacial score (nSPS) is 12.8. The number of nitrogens with zero attached hydrogens (tertiary/aromatic N) is 1. The lowest BCUT2D eigenvalue weighted by Crippen LogP contribution is -2.51. The van der Waals surface area contributed by atoms with E-state index in [4.69, 9.17) is 4.74 Å². The van der Waals surface area contributed by atoms with E-state index >= 15 is 0 Å². The number of aryl methyl sites for hydroxylation is 1. The Morgan fingerprint density at radius 1 is 0.969 bits per heavy atom. The Labute approximate surface area is 193 Å². The third-order valence-corrected chi connectivity index (χ3v) is 5.75. The molecule has 2 amide bonds. The van der Waals surface area contributed by atoms with E-state index in [0.29, 0.717) is 18.7 Å². The minimum Gasteiger partial charge on any atom is -0.483 e. The number of carbonyl (C=O) groups is 2. The molecule has 0 aliphatic rings. The molecular weight excluding hydrogens is 400 g/mol. The summed E-state index contributed by atoms with van der Waals surface area (Å²) in [4.78, 5) is 28.0. The highest BCUT2D eigenvalue weighted by Crippen LogP contribution is 2.26. The molecule has 5 heteroatoms. The fraction of sp³-hybridized carbons (Fsp3) is 0.481. The van der Waals surface area contributed by atoms with Gasteiger partial charge >= 0.3 is 0 Å². The molecule has 2 aromatic rings. The van der Waals surface area contributed by atoms with Gasteiger partial charge in [0.15, 0.2) is 6.61 Å². The second-order valence-electron chi connectivity index (χ2n) is 8.73. The maximum absolute atomic E-state index is 13.4. The second kappa shape index (κ2) is 12.3. The van der Waals surface area contributed by atoms with E-state index < -0.39 is 6.04 Å². The van der Waals surface area contributed by atoms with Gasteiger partial charge in [-0.1, -0.05) is 75.7 Å². The number of para-hydroxylation sites is 1. The molecule has 5 nitrogen and oxygen atoms in total. The summed E-state index contributed by atoms with van der Waals surface area (Å²) < 4.78 is 5.95. The lowest BCUT2D eigenvalue weighted by atomic mass is 10.0. The van der Waals surface area contributed by atoms with Gasteiger partial charge in [0.2, 0.25) is 5.91 Å². The Hall–Kier alpha value is -2.82. The number of ether oxygens (including phenoxy) is 1. The van der Waals surface area contributed by atoms with Gasteiger partial charge < -0.3 is 15.0 Å². The average Bonchev–Trinajstić information content (AvgIpc) is 2.78. The van der Waals surface area contributed by atoms with Crippen LogP contribution in [-0.2, 0) is 16.1 Å². The van der Waals surface area contributed by atoms with Crippen molar-refractivity contribution >= 4 is 11.8 Å². The monoisotopic (exact) mass is 438 g/mol. The number of benzene rings is 2. The van der Waals surface area contributed by atoms with Crippen LogP contribution in [0.2, 0.25) is 0 Å². The number of nitrogens with one attached hydrogen (secondary N) is 1. The fourth-order valence-corrected chi connectivity index (χ4v) is 3.56. The van der Waals surface area contributed by atoms with Crippen LogP contribution in [0.3, 0.4) is 0 Å². The van der Waals surface area contributed by atoms with Crippen molar-refractivity contribution in [3.05, 3.63) is 65.2 Å². The van der Waals surface area contributed by atoms with Gasteiger partial charge in [-0.05, 0) is 49.8 Å². The Balaban J connectivity index is 2.24. The van der Waals surface area contributed by atoms with Crippen molar-refractivity contribution in [3.63, 3.8) is 0 Å². The van der Waals surface area contributed by atoms with Crippen LogP contribution in [0.15, 0.2) is 48.5 Å². The SMILES string of the molecule is CC[C@H](C)NC(=O)[C@H](CC)N(Cc1ccc(C)cc1)C(=O)COc1ccccc1C(C)C. The molecule has 0 saturated heterocycles. The lowest BCUT2D eigenvalue weighted by Gasteiger charge is -2.31. The minimum absolute atomic E-state index is 0.0574. The summed E-state index contributed by atoms with van der Waals surface area (Å²) in [5, 5.41) is 3.04. The highest BCUT2D eigenvalue weighted by Gasteiger charge is 2.29. The predicted molar refractivity (Wildman–Crippen MR) is 130 cm³/mol. The smallest absolute Gasteiger partial charge is 0.261 e. The quantitative estimate of drug-likeness (QED) is 0.523. The number of hydrogen-bond acceptors (Lipinski definition) is 3. The van der Waals surface area contributed by atoms with E-state index in [9.17, 15) is 9.59 Å². The fourth-order valence-electron chi connectivity index (χ4n) is 3.56. The molecule has 174 valence electrons. The number of carbonyl (C=O) groups excluding carboxylic acids is 2. The molecule has 0 radical (unpaired) electrons. The summed E-state index contributed by atoms with van der Waals surface area (Å²) in [5.74, 6) is 0.679. The molecule has 2 atom stereocenters. The second-order valence-corrected chi connectivity index (χ2v) is 8.73. The van der Waals surface area contributed by atoms with Gasteiger partial charge in [0.1, 0.15) is 11.8 Å². The molecule has 0 spiro atoms.